The van der Waals surface area contributed by atoms with Gasteiger partial charge in [0.25, 0.3) is 0 Å². The highest BCUT2D eigenvalue weighted by Crippen LogP contribution is 2.70. The molecule has 2 saturated carbocycles. The van der Waals surface area contributed by atoms with E-state index >= 15 is 0 Å². The Kier molecular flexibility index (Phi) is 6.42. The van der Waals surface area contributed by atoms with Crippen molar-refractivity contribution in [2.45, 2.75) is 103 Å². The topological polar surface area (TPSA) is 130 Å². The van der Waals surface area contributed by atoms with Crippen LogP contribution in [0, 0.1) is 28.6 Å². The molecule has 3 heterocycles. The average molecular weight is 511 g/mol. The zero-order chi connectivity index (χ0) is 26.0. The van der Waals surface area contributed by atoms with Gasteiger partial charge in [0.15, 0.2) is 12.6 Å². The lowest BCUT2D eigenvalue weighted by Gasteiger charge is -2.64. The molecule has 0 amide bonds. The molecular formula is C26H38O10. The Labute approximate surface area is 211 Å². The predicted molar refractivity (Wildman–Crippen MR) is 122 cm³/mol. The maximum atomic E-state index is 12.3. The molecule has 36 heavy (non-hydrogen) atoms. The Morgan fingerprint density at radius 2 is 1.61 bits per heavy atom. The van der Waals surface area contributed by atoms with E-state index in [1.807, 2.05) is 0 Å². The van der Waals surface area contributed by atoms with Crippen LogP contribution in [0.15, 0.2) is 0 Å². The second-order valence-corrected chi connectivity index (χ2v) is 11.6. The number of rotatable bonds is 5. The molecule has 0 aromatic carbocycles. The molecule has 10 nitrogen and oxygen atoms in total. The van der Waals surface area contributed by atoms with Gasteiger partial charge in [0.2, 0.25) is 0 Å². The third-order valence-electron chi connectivity index (χ3n) is 9.88. The summed E-state index contributed by atoms with van der Waals surface area (Å²) in [7, 11) is 0. The molecule has 3 aliphatic heterocycles. The minimum Gasteiger partial charge on any atom is -0.465 e. The SMILES string of the molecule is CC(=O)OC[C@]12[C@H](OC(C)=O)C[C@H](C)[C@@](C)([C@H]3C[C@@H]4C[C@H](O)O[C@@H]4O3)[C@@H]1CC[C@H](OC(C)=O)[C@@]21CO1. The molecule has 5 aliphatic rings. The van der Waals surface area contributed by atoms with Gasteiger partial charge in [-0.2, -0.15) is 0 Å². The molecule has 0 bridgehead atoms. The molecular weight excluding hydrogens is 472 g/mol. The van der Waals surface area contributed by atoms with Crippen molar-refractivity contribution in [1.29, 1.82) is 0 Å². The Balaban J connectivity index is 1.59. The standard InChI is InChI=1S/C26H38O10/c1-13-8-21(34-16(4)29)25(11-31-14(2)27)18(6-7-19(33-15(3)28)26(25)12-32-26)24(13,5)20-9-17-10-22(30)36-23(17)35-20/h13,17-23,30H,6-12H2,1-5H3/t13-,17+,18-,19-,20+,21+,22+,23-,24+,25+,26-/m0/s1. The van der Waals surface area contributed by atoms with Crippen LogP contribution in [0.5, 0.6) is 0 Å². The van der Waals surface area contributed by atoms with Crippen LogP contribution in [0.1, 0.15) is 66.7 Å². The lowest BCUT2D eigenvalue weighted by Crippen LogP contribution is -2.72. The van der Waals surface area contributed by atoms with Crippen LogP contribution in [0.25, 0.3) is 0 Å². The second-order valence-electron chi connectivity index (χ2n) is 11.6. The first-order valence-corrected chi connectivity index (χ1v) is 13.0. The Morgan fingerprint density at radius 1 is 0.944 bits per heavy atom. The molecule has 2 aliphatic carbocycles. The molecule has 0 aromatic rings. The van der Waals surface area contributed by atoms with Crippen LogP contribution in [-0.4, -0.2) is 72.7 Å². The van der Waals surface area contributed by atoms with Crippen molar-refractivity contribution in [2.75, 3.05) is 13.2 Å². The summed E-state index contributed by atoms with van der Waals surface area (Å²) < 4.78 is 35.8. The second kappa shape index (κ2) is 8.92. The summed E-state index contributed by atoms with van der Waals surface area (Å²) in [5.74, 6) is -1.20. The summed E-state index contributed by atoms with van der Waals surface area (Å²) in [5, 5.41) is 9.94. The molecule has 11 atom stereocenters. The van der Waals surface area contributed by atoms with Gasteiger partial charge in [-0.3, -0.25) is 14.4 Å². The van der Waals surface area contributed by atoms with Crippen molar-refractivity contribution in [3.63, 3.8) is 0 Å². The van der Waals surface area contributed by atoms with Crippen LogP contribution in [0.2, 0.25) is 0 Å². The van der Waals surface area contributed by atoms with Gasteiger partial charge in [-0.1, -0.05) is 13.8 Å². The number of epoxide rings is 1. The number of aliphatic hydroxyl groups excluding tert-OH is 1. The van der Waals surface area contributed by atoms with E-state index in [-0.39, 0.29) is 30.5 Å². The highest BCUT2D eigenvalue weighted by atomic mass is 16.7. The minimum atomic E-state index is -0.931. The molecule has 10 heteroatoms. The van der Waals surface area contributed by atoms with E-state index in [0.29, 0.717) is 32.3 Å². The Bertz CT molecular complexity index is 902. The van der Waals surface area contributed by atoms with Crippen LogP contribution < -0.4 is 0 Å². The van der Waals surface area contributed by atoms with Crippen molar-refractivity contribution in [3.8, 4) is 0 Å². The van der Waals surface area contributed by atoms with E-state index in [1.54, 1.807) is 0 Å². The quantitative estimate of drug-likeness (QED) is 0.333. The number of carbonyl (C=O) groups excluding carboxylic acids is 3. The summed E-state index contributed by atoms with van der Waals surface area (Å²) in [4.78, 5) is 36.5. The third-order valence-corrected chi connectivity index (χ3v) is 9.88. The lowest BCUT2D eigenvalue weighted by atomic mass is 9.42. The molecule has 202 valence electrons. The van der Waals surface area contributed by atoms with Crippen molar-refractivity contribution in [1.82, 2.24) is 0 Å². The van der Waals surface area contributed by atoms with Crippen LogP contribution in [0.3, 0.4) is 0 Å². The molecule has 1 spiro atoms. The van der Waals surface area contributed by atoms with Crippen molar-refractivity contribution < 1.29 is 47.9 Å². The van der Waals surface area contributed by atoms with E-state index < -0.39 is 59.1 Å². The zero-order valence-corrected chi connectivity index (χ0v) is 21.7. The van der Waals surface area contributed by atoms with Gasteiger partial charge in [0, 0.05) is 38.5 Å². The summed E-state index contributed by atoms with van der Waals surface area (Å²) >= 11 is 0. The van der Waals surface area contributed by atoms with Crippen LogP contribution in [0.4, 0.5) is 0 Å². The summed E-state index contributed by atoms with van der Waals surface area (Å²) in [6, 6.07) is 0. The number of esters is 3. The van der Waals surface area contributed by atoms with E-state index in [0.717, 1.165) is 6.42 Å². The number of hydrogen-bond donors (Lipinski definition) is 1. The largest absolute Gasteiger partial charge is 0.465 e. The van der Waals surface area contributed by atoms with Gasteiger partial charge in [-0.25, -0.2) is 0 Å². The summed E-state index contributed by atoms with van der Waals surface area (Å²) in [6.45, 7) is 8.77. The zero-order valence-electron chi connectivity index (χ0n) is 21.7. The van der Waals surface area contributed by atoms with Gasteiger partial charge in [0.05, 0.1) is 18.1 Å². The molecule has 0 aromatic heterocycles. The fourth-order valence-electron chi connectivity index (χ4n) is 8.15. The first-order chi connectivity index (χ1) is 16.9. The van der Waals surface area contributed by atoms with Gasteiger partial charge in [-0.15, -0.1) is 0 Å². The van der Waals surface area contributed by atoms with Gasteiger partial charge < -0.3 is 33.5 Å². The highest BCUT2D eigenvalue weighted by Gasteiger charge is 2.80. The third kappa shape index (κ3) is 3.78. The van der Waals surface area contributed by atoms with Crippen LogP contribution >= 0.6 is 0 Å². The number of hydrogen-bond acceptors (Lipinski definition) is 10. The lowest BCUT2D eigenvalue weighted by molar-refractivity contribution is -0.275. The molecule has 1 N–H and O–H groups in total. The minimum absolute atomic E-state index is 0.0141. The summed E-state index contributed by atoms with van der Waals surface area (Å²) in [5.41, 5.74) is -2.26. The van der Waals surface area contributed by atoms with E-state index in [1.165, 1.54) is 20.8 Å². The number of fused-ring (bicyclic) bond motifs is 3. The van der Waals surface area contributed by atoms with E-state index in [2.05, 4.69) is 13.8 Å². The predicted octanol–water partition coefficient (Wildman–Crippen LogP) is 2.09. The molecule has 0 unspecified atom stereocenters. The van der Waals surface area contributed by atoms with Crippen molar-refractivity contribution in [2.24, 2.45) is 28.6 Å². The fraction of sp³-hybridized carbons (Fsp3) is 0.885. The summed E-state index contributed by atoms with van der Waals surface area (Å²) in [6.07, 6.45) is 0.456. The van der Waals surface area contributed by atoms with Crippen LogP contribution in [-0.2, 0) is 42.8 Å². The normalized spacial score (nSPS) is 49.2. The molecule has 3 saturated heterocycles. The maximum absolute atomic E-state index is 12.3. The average Bonchev–Trinajstić information content (AvgIpc) is 3.36. The van der Waals surface area contributed by atoms with Gasteiger partial charge in [-0.05, 0) is 37.5 Å². The van der Waals surface area contributed by atoms with Crippen molar-refractivity contribution >= 4 is 17.9 Å². The number of ether oxygens (including phenoxy) is 6. The highest BCUT2D eigenvalue weighted by molar-refractivity contribution is 5.67. The number of aliphatic hydroxyl groups is 1. The molecule has 5 fully saturated rings. The molecule has 0 radical (unpaired) electrons. The van der Waals surface area contributed by atoms with Crippen molar-refractivity contribution in [3.05, 3.63) is 0 Å². The first-order valence-electron chi connectivity index (χ1n) is 13.0. The monoisotopic (exact) mass is 510 g/mol. The Hall–Kier alpha value is -1.75. The van der Waals surface area contributed by atoms with E-state index in [9.17, 15) is 19.5 Å². The maximum Gasteiger partial charge on any atom is 0.303 e. The van der Waals surface area contributed by atoms with Gasteiger partial charge >= 0.3 is 17.9 Å². The Morgan fingerprint density at radius 3 is 2.19 bits per heavy atom. The van der Waals surface area contributed by atoms with Gasteiger partial charge in [0.1, 0.15) is 24.4 Å². The first kappa shape index (κ1) is 25.9. The number of carbonyl (C=O) groups is 3. The van der Waals surface area contributed by atoms with E-state index in [4.69, 9.17) is 28.4 Å². The molecule has 5 rings (SSSR count). The fourth-order valence-corrected chi connectivity index (χ4v) is 8.15. The smallest absolute Gasteiger partial charge is 0.303 e.